The molecule has 1 unspecified atom stereocenters. The highest BCUT2D eigenvalue weighted by atomic mass is 32.1. The van der Waals surface area contributed by atoms with Crippen molar-refractivity contribution in [2.24, 2.45) is 11.7 Å². The number of hydrogen-bond donors (Lipinski definition) is 1. The minimum absolute atomic E-state index is 0.117. The van der Waals surface area contributed by atoms with Crippen LogP contribution < -0.4 is 5.73 Å². The number of nitrogens with zero attached hydrogens (tertiary/aromatic N) is 1. The third-order valence-electron chi connectivity index (χ3n) is 3.49. The second kappa shape index (κ2) is 6.18. The van der Waals surface area contributed by atoms with Crippen LogP contribution in [0.25, 0.3) is 0 Å². The van der Waals surface area contributed by atoms with Gasteiger partial charge in [0.2, 0.25) is 5.91 Å². The van der Waals surface area contributed by atoms with Crippen molar-refractivity contribution in [2.45, 2.75) is 51.5 Å². The molecule has 1 rings (SSSR count). The molecule has 0 heterocycles. The molecule has 4 heteroatoms. The van der Waals surface area contributed by atoms with Crippen molar-refractivity contribution in [3.8, 4) is 0 Å². The number of carbonyl (C=O) groups is 1. The van der Waals surface area contributed by atoms with E-state index >= 15 is 0 Å². The lowest BCUT2D eigenvalue weighted by Crippen LogP contribution is -2.38. The molecule has 16 heavy (non-hydrogen) atoms. The Morgan fingerprint density at radius 3 is 2.56 bits per heavy atom. The highest BCUT2D eigenvalue weighted by molar-refractivity contribution is 7.80. The fourth-order valence-electron chi connectivity index (χ4n) is 2.28. The molecular formula is C12H22N2OS. The standard InChI is InChI=1S/C12H22N2OS/c1-9(7-11(13)16)14(2)12(15)8-10-5-3-4-6-10/h9-10H,3-8H2,1-2H3,(H2,13,16). The molecule has 0 bridgehead atoms. The van der Waals surface area contributed by atoms with Crippen LogP contribution in [0.1, 0.15) is 45.4 Å². The van der Waals surface area contributed by atoms with Gasteiger partial charge in [-0.3, -0.25) is 4.79 Å². The summed E-state index contributed by atoms with van der Waals surface area (Å²) in [5.74, 6) is 0.836. The maximum absolute atomic E-state index is 12.0. The lowest BCUT2D eigenvalue weighted by molar-refractivity contribution is -0.132. The van der Waals surface area contributed by atoms with Gasteiger partial charge in [-0.2, -0.15) is 0 Å². The van der Waals surface area contributed by atoms with Gasteiger partial charge in [-0.25, -0.2) is 0 Å². The topological polar surface area (TPSA) is 46.3 Å². The number of rotatable bonds is 5. The molecule has 0 aromatic rings. The molecule has 0 spiro atoms. The molecule has 1 amide bonds. The van der Waals surface area contributed by atoms with Crippen molar-refractivity contribution in [3.63, 3.8) is 0 Å². The van der Waals surface area contributed by atoms with Gasteiger partial charge in [-0.05, 0) is 25.7 Å². The Morgan fingerprint density at radius 2 is 2.06 bits per heavy atom. The molecule has 92 valence electrons. The average molecular weight is 242 g/mol. The van der Waals surface area contributed by atoms with Crippen LogP contribution in [0.2, 0.25) is 0 Å². The molecule has 0 aromatic heterocycles. The zero-order valence-electron chi connectivity index (χ0n) is 10.2. The number of thiocarbonyl (C=S) groups is 1. The Bertz CT molecular complexity index is 262. The number of hydrogen-bond acceptors (Lipinski definition) is 2. The van der Waals surface area contributed by atoms with Crippen molar-refractivity contribution < 1.29 is 4.79 Å². The maximum atomic E-state index is 12.0. The summed E-state index contributed by atoms with van der Waals surface area (Å²) in [7, 11) is 1.85. The molecule has 2 N–H and O–H groups in total. The molecule has 1 aliphatic carbocycles. The zero-order valence-corrected chi connectivity index (χ0v) is 11.1. The summed E-state index contributed by atoms with van der Waals surface area (Å²) in [5.41, 5.74) is 5.49. The molecule has 1 saturated carbocycles. The number of nitrogens with two attached hydrogens (primary N) is 1. The lowest BCUT2D eigenvalue weighted by Gasteiger charge is -2.25. The highest BCUT2D eigenvalue weighted by Gasteiger charge is 2.22. The first-order valence-electron chi connectivity index (χ1n) is 6.04. The minimum Gasteiger partial charge on any atom is -0.393 e. The van der Waals surface area contributed by atoms with Gasteiger partial charge < -0.3 is 10.6 Å². The van der Waals surface area contributed by atoms with Crippen LogP contribution >= 0.6 is 12.2 Å². The van der Waals surface area contributed by atoms with Crippen molar-refractivity contribution in [1.82, 2.24) is 4.90 Å². The summed E-state index contributed by atoms with van der Waals surface area (Å²) in [4.78, 5) is 14.2. The van der Waals surface area contributed by atoms with Crippen LogP contribution in [0.5, 0.6) is 0 Å². The van der Waals surface area contributed by atoms with Crippen LogP contribution in [0, 0.1) is 5.92 Å². The quantitative estimate of drug-likeness (QED) is 0.751. The van der Waals surface area contributed by atoms with Crippen molar-refractivity contribution in [1.29, 1.82) is 0 Å². The smallest absolute Gasteiger partial charge is 0.222 e. The SMILES string of the molecule is CC(CC(N)=S)N(C)C(=O)CC1CCCC1. The number of carbonyl (C=O) groups excluding carboxylic acids is 1. The molecule has 1 fully saturated rings. The van der Waals surface area contributed by atoms with Crippen LogP contribution in [-0.2, 0) is 4.79 Å². The van der Waals surface area contributed by atoms with E-state index in [-0.39, 0.29) is 11.9 Å². The average Bonchev–Trinajstić information content (AvgIpc) is 2.68. The van der Waals surface area contributed by atoms with Crippen molar-refractivity contribution >= 4 is 23.1 Å². The summed E-state index contributed by atoms with van der Waals surface area (Å²) in [6, 6.07) is 0.117. The monoisotopic (exact) mass is 242 g/mol. The third-order valence-corrected chi connectivity index (χ3v) is 3.66. The predicted molar refractivity (Wildman–Crippen MR) is 70.2 cm³/mol. The first kappa shape index (κ1) is 13.4. The summed E-state index contributed by atoms with van der Waals surface area (Å²) < 4.78 is 0. The summed E-state index contributed by atoms with van der Waals surface area (Å²) in [6.45, 7) is 1.99. The molecule has 0 radical (unpaired) electrons. The summed E-state index contributed by atoms with van der Waals surface area (Å²) >= 11 is 4.86. The van der Waals surface area contributed by atoms with Crippen LogP contribution in [0.3, 0.4) is 0 Å². The molecule has 0 saturated heterocycles. The first-order valence-corrected chi connectivity index (χ1v) is 6.45. The van der Waals surface area contributed by atoms with Crippen LogP contribution in [0.4, 0.5) is 0 Å². The van der Waals surface area contributed by atoms with Gasteiger partial charge in [-0.1, -0.05) is 25.1 Å². The van der Waals surface area contributed by atoms with Crippen molar-refractivity contribution in [3.05, 3.63) is 0 Å². The van der Waals surface area contributed by atoms with Gasteiger partial charge in [0.05, 0.1) is 4.99 Å². The molecular weight excluding hydrogens is 220 g/mol. The van der Waals surface area contributed by atoms with E-state index in [0.29, 0.717) is 23.7 Å². The van der Waals surface area contributed by atoms with E-state index in [9.17, 15) is 4.79 Å². The van der Waals surface area contributed by atoms with Gasteiger partial charge in [0, 0.05) is 25.9 Å². The van der Waals surface area contributed by atoms with Gasteiger partial charge >= 0.3 is 0 Å². The van der Waals surface area contributed by atoms with Crippen molar-refractivity contribution in [2.75, 3.05) is 7.05 Å². The maximum Gasteiger partial charge on any atom is 0.222 e. The largest absolute Gasteiger partial charge is 0.393 e. The molecule has 1 aliphatic rings. The minimum atomic E-state index is 0.117. The summed E-state index contributed by atoms with van der Waals surface area (Å²) in [5, 5.41) is 0. The van der Waals surface area contributed by atoms with Gasteiger partial charge in [0.15, 0.2) is 0 Å². The Hall–Kier alpha value is -0.640. The van der Waals surface area contributed by atoms with Gasteiger partial charge in [-0.15, -0.1) is 0 Å². The zero-order chi connectivity index (χ0) is 12.1. The molecule has 3 nitrogen and oxygen atoms in total. The highest BCUT2D eigenvalue weighted by Crippen LogP contribution is 2.28. The Kier molecular flexibility index (Phi) is 5.19. The van der Waals surface area contributed by atoms with Gasteiger partial charge in [0.25, 0.3) is 0 Å². The lowest BCUT2D eigenvalue weighted by atomic mass is 10.0. The normalized spacial score (nSPS) is 18.4. The second-order valence-corrected chi connectivity index (χ2v) is 5.40. The fourth-order valence-corrected chi connectivity index (χ4v) is 2.52. The Labute approximate surface area is 103 Å². The van der Waals surface area contributed by atoms with E-state index in [1.807, 2.05) is 14.0 Å². The van der Waals surface area contributed by atoms with E-state index in [0.717, 1.165) is 0 Å². The van der Waals surface area contributed by atoms with E-state index in [4.69, 9.17) is 18.0 Å². The Morgan fingerprint density at radius 1 is 1.50 bits per heavy atom. The van der Waals surface area contributed by atoms with Crippen LogP contribution in [-0.4, -0.2) is 28.9 Å². The molecule has 0 aromatic carbocycles. The second-order valence-electron chi connectivity index (χ2n) is 4.88. The van der Waals surface area contributed by atoms with E-state index in [1.165, 1.54) is 25.7 Å². The van der Waals surface area contributed by atoms with E-state index < -0.39 is 0 Å². The first-order chi connectivity index (χ1) is 7.50. The van der Waals surface area contributed by atoms with Gasteiger partial charge in [0.1, 0.15) is 0 Å². The van der Waals surface area contributed by atoms with E-state index in [2.05, 4.69) is 0 Å². The fraction of sp³-hybridized carbons (Fsp3) is 0.833. The molecule has 1 atom stereocenters. The summed E-state index contributed by atoms with van der Waals surface area (Å²) in [6.07, 6.45) is 6.29. The predicted octanol–water partition coefficient (Wildman–Crippen LogP) is 2.09. The molecule has 0 aliphatic heterocycles. The van der Waals surface area contributed by atoms with Crippen LogP contribution in [0.15, 0.2) is 0 Å². The van der Waals surface area contributed by atoms with E-state index in [1.54, 1.807) is 4.90 Å². The third kappa shape index (κ3) is 4.08. The number of amides is 1. The Balaban J connectivity index is 2.36.